The van der Waals surface area contributed by atoms with Gasteiger partial charge in [-0.2, -0.15) is 0 Å². The average molecular weight is 237 g/mol. The topological polar surface area (TPSA) is 66.5 Å². The van der Waals surface area contributed by atoms with E-state index in [0.717, 1.165) is 25.7 Å². The van der Waals surface area contributed by atoms with Crippen molar-refractivity contribution in [2.24, 2.45) is 5.73 Å². The van der Waals surface area contributed by atoms with E-state index in [0.29, 0.717) is 5.75 Å². The molecular weight excluding hydrogens is 214 g/mol. The third-order valence-electron chi connectivity index (χ3n) is 2.99. The molecule has 1 aromatic rings. The molecule has 0 amide bonds. The van der Waals surface area contributed by atoms with E-state index in [9.17, 15) is 5.11 Å². The van der Waals surface area contributed by atoms with Crippen molar-refractivity contribution in [2.45, 2.75) is 51.2 Å². The van der Waals surface area contributed by atoms with Crippen molar-refractivity contribution in [3.63, 3.8) is 0 Å². The lowest BCUT2D eigenvalue weighted by atomic mass is 9.93. The predicted molar refractivity (Wildman–Crippen MR) is 69.9 cm³/mol. The quantitative estimate of drug-likeness (QED) is 0.664. The summed E-state index contributed by atoms with van der Waals surface area (Å²) in [5.74, 6) is 0.300. The number of unbranched alkanes of at least 4 members (excludes halogenated alkanes) is 1. The van der Waals surface area contributed by atoms with Crippen molar-refractivity contribution in [2.75, 3.05) is 0 Å². The largest absolute Gasteiger partial charge is 0.508 e. The Morgan fingerprint density at radius 3 is 2.29 bits per heavy atom. The molecule has 0 radical (unpaired) electrons. The first-order valence-electron chi connectivity index (χ1n) is 6.14. The number of rotatable bonds is 6. The number of aromatic hydroxyl groups is 1. The van der Waals surface area contributed by atoms with Gasteiger partial charge in [0.15, 0.2) is 0 Å². The van der Waals surface area contributed by atoms with E-state index in [4.69, 9.17) is 10.8 Å². The zero-order valence-electron chi connectivity index (χ0n) is 10.7. The maximum Gasteiger partial charge on any atom is 0.115 e. The highest BCUT2D eigenvalue weighted by atomic mass is 16.3. The molecule has 3 nitrogen and oxygen atoms in total. The second-order valence-electron chi connectivity index (χ2n) is 5.25. The van der Waals surface area contributed by atoms with Crippen LogP contribution in [0.25, 0.3) is 0 Å². The first kappa shape index (κ1) is 14.0. The smallest absolute Gasteiger partial charge is 0.115 e. The van der Waals surface area contributed by atoms with E-state index >= 15 is 0 Å². The van der Waals surface area contributed by atoms with Crippen molar-refractivity contribution in [1.82, 2.24) is 0 Å². The number of nitrogens with two attached hydrogens (primary N) is 1. The van der Waals surface area contributed by atoms with E-state index < -0.39 is 11.6 Å². The molecular formula is C14H23NO2. The zero-order chi connectivity index (χ0) is 12.9. The highest BCUT2D eigenvalue weighted by Gasteiger charge is 2.21. The molecule has 0 saturated heterocycles. The number of phenols is 1. The van der Waals surface area contributed by atoms with Gasteiger partial charge in [0, 0.05) is 5.54 Å². The Labute approximate surface area is 103 Å². The molecule has 0 aliphatic heterocycles. The molecule has 0 saturated carbocycles. The van der Waals surface area contributed by atoms with Gasteiger partial charge in [0.2, 0.25) is 0 Å². The summed E-state index contributed by atoms with van der Waals surface area (Å²) in [5, 5.41) is 18.9. The first-order valence-corrected chi connectivity index (χ1v) is 6.14. The van der Waals surface area contributed by atoms with Crippen LogP contribution in [0.3, 0.4) is 0 Å². The minimum absolute atomic E-state index is 0.300. The van der Waals surface area contributed by atoms with Gasteiger partial charge in [0.25, 0.3) is 0 Å². The van der Waals surface area contributed by atoms with E-state index in [1.54, 1.807) is 12.1 Å². The Balaban J connectivity index is 2.23. The third-order valence-corrected chi connectivity index (χ3v) is 2.99. The van der Waals surface area contributed by atoms with E-state index in [1.807, 2.05) is 26.0 Å². The first-order chi connectivity index (χ1) is 7.89. The highest BCUT2D eigenvalue weighted by Crippen LogP contribution is 2.15. The van der Waals surface area contributed by atoms with Gasteiger partial charge in [-0.1, -0.05) is 18.6 Å². The van der Waals surface area contributed by atoms with Gasteiger partial charge in [0.1, 0.15) is 5.75 Å². The van der Waals surface area contributed by atoms with Crippen molar-refractivity contribution in [1.29, 1.82) is 0 Å². The molecule has 1 atom stereocenters. The fourth-order valence-electron chi connectivity index (χ4n) is 1.70. The summed E-state index contributed by atoms with van der Waals surface area (Å²) in [7, 11) is 0. The predicted octanol–water partition coefficient (Wildman–Crippen LogP) is 2.20. The molecule has 1 unspecified atom stereocenters. The van der Waals surface area contributed by atoms with Crippen LogP contribution in [-0.4, -0.2) is 21.9 Å². The molecule has 1 aromatic carbocycles. The minimum atomic E-state index is -0.515. The zero-order valence-corrected chi connectivity index (χ0v) is 10.7. The number of hydrogen-bond donors (Lipinski definition) is 3. The maximum absolute atomic E-state index is 9.76. The summed E-state index contributed by atoms with van der Waals surface area (Å²) in [5.41, 5.74) is 6.51. The summed E-state index contributed by atoms with van der Waals surface area (Å²) in [6.07, 6.45) is 3.25. The summed E-state index contributed by atoms with van der Waals surface area (Å²) in [6, 6.07) is 7.26. The second kappa shape index (κ2) is 6.03. The lowest BCUT2D eigenvalue weighted by Crippen LogP contribution is -2.44. The molecule has 0 aliphatic rings. The van der Waals surface area contributed by atoms with Crippen molar-refractivity contribution >= 4 is 0 Å². The van der Waals surface area contributed by atoms with E-state index in [-0.39, 0.29) is 0 Å². The average Bonchev–Trinajstić information content (AvgIpc) is 2.25. The van der Waals surface area contributed by atoms with Crippen LogP contribution in [0.2, 0.25) is 0 Å². The summed E-state index contributed by atoms with van der Waals surface area (Å²) >= 11 is 0. The van der Waals surface area contributed by atoms with Gasteiger partial charge in [-0.15, -0.1) is 0 Å². The molecule has 0 heterocycles. The standard InChI is InChI=1S/C14H23NO2/c1-14(2,15)13(17)6-4-3-5-11-7-9-12(16)10-8-11/h7-10,13,16-17H,3-6,15H2,1-2H3. The SMILES string of the molecule is CC(C)(N)C(O)CCCCc1ccc(O)cc1. The van der Waals surface area contributed by atoms with Crippen LogP contribution < -0.4 is 5.73 Å². The van der Waals surface area contributed by atoms with Crippen LogP contribution in [0, 0.1) is 0 Å². The number of aliphatic hydroxyl groups excluding tert-OH is 1. The van der Waals surface area contributed by atoms with Gasteiger partial charge >= 0.3 is 0 Å². The van der Waals surface area contributed by atoms with Gasteiger partial charge in [0.05, 0.1) is 6.10 Å². The fourth-order valence-corrected chi connectivity index (χ4v) is 1.70. The van der Waals surface area contributed by atoms with E-state index in [1.165, 1.54) is 5.56 Å². The lowest BCUT2D eigenvalue weighted by Gasteiger charge is -2.25. The summed E-state index contributed by atoms with van der Waals surface area (Å²) in [4.78, 5) is 0. The minimum Gasteiger partial charge on any atom is -0.508 e. The van der Waals surface area contributed by atoms with Gasteiger partial charge in [-0.05, 0) is 50.8 Å². The number of aryl methyl sites for hydroxylation is 1. The molecule has 0 aliphatic carbocycles. The lowest BCUT2D eigenvalue weighted by molar-refractivity contribution is 0.0927. The van der Waals surface area contributed by atoms with Crippen LogP contribution in [0.1, 0.15) is 38.7 Å². The molecule has 0 bridgehead atoms. The summed E-state index contributed by atoms with van der Waals surface area (Å²) in [6.45, 7) is 3.69. The monoisotopic (exact) mass is 237 g/mol. The normalized spacial score (nSPS) is 13.6. The van der Waals surface area contributed by atoms with Crippen molar-refractivity contribution in [3.8, 4) is 5.75 Å². The van der Waals surface area contributed by atoms with Crippen molar-refractivity contribution in [3.05, 3.63) is 29.8 Å². The van der Waals surface area contributed by atoms with Crippen LogP contribution in [0.4, 0.5) is 0 Å². The molecule has 0 fully saturated rings. The molecule has 4 N–H and O–H groups in total. The Hall–Kier alpha value is -1.06. The third kappa shape index (κ3) is 5.20. The van der Waals surface area contributed by atoms with Crippen LogP contribution in [0.15, 0.2) is 24.3 Å². The number of benzene rings is 1. The summed E-state index contributed by atoms with van der Waals surface area (Å²) < 4.78 is 0. The Morgan fingerprint density at radius 2 is 1.76 bits per heavy atom. The number of aliphatic hydroxyl groups is 1. The highest BCUT2D eigenvalue weighted by molar-refractivity contribution is 5.25. The molecule has 1 rings (SSSR count). The molecule has 0 spiro atoms. The molecule has 3 heteroatoms. The fraction of sp³-hybridized carbons (Fsp3) is 0.571. The second-order valence-corrected chi connectivity index (χ2v) is 5.25. The Bertz CT molecular complexity index is 327. The molecule has 0 aromatic heterocycles. The van der Waals surface area contributed by atoms with E-state index in [2.05, 4.69) is 0 Å². The van der Waals surface area contributed by atoms with Gasteiger partial charge < -0.3 is 15.9 Å². The van der Waals surface area contributed by atoms with Crippen LogP contribution in [-0.2, 0) is 6.42 Å². The van der Waals surface area contributed by atoms with Crippen LogP contribution in [0.5, 0.6) is 5.75 Å². The number of hydrogen-bond acceptors (Lipinski definition) is 3. The Kier molecular flexibility index (Phi) is 4.97. The van der Waals surface area contributed by atoms with Crippen molar-refractivity contribution < 1.29 is 10.2 Å². The Morgan fingerprint density at radius 1 is 1.18 bits per heavy atom. The van der Waals surface area contributed by atoms with Gasteiger partial charge in [-0.25, -0.2) is 0 Å². The molecule has 96 valence electrons. The molecule has 17 heavy (non-hydrogen) atoms. The van der Waals surface area contributed by atoms with Gasteiger partial charge in [-0.3, -0.25) is 0 Å². The maximum atomic E-state index is 9.76. The van der Waals surface area contributed by atoms with Crippen LogP contribution >= 0.6 is 0 Å². The number of phenolic OH excluding ortho intramolecular Hbond substituents is 1.